The summed E-state index contributed by atoms with van der Waals surface area (Å²) in [5.74, 6) is -1.02. The zero-order valence-corrected chi connectivity index (χ0v) is 13.6. The van der Waals surface area contributed by atoms with Gasteiger partial charge in [-0.1, -0.05) is 37.0 Å². The van der Waals surface area contributed by atoms with Crippen molar-refractivity contribution in [1.29, 1.82) is 0 Å². The van der Waals surface area contributed by atoms with Crippen LogP contribution in [-0.2, 0) is 4.79 Å². The molecular weight excluding hydrogens is 313 g/mol. The van der Waals surface area contributed by atoms with Crippen LogP contribution in [0.1, 0.15) is 43.5 Å². The Morgan fingerprint density at radius 1 is 1.19 bits per heavy atom. The average Bonchev–Trinajstić information content (AvgIpc) is 2.39. The molecule has 0 fully saturated rings. The summed E-state index contributed by atoms with van der Waals surface area (Å²) < 4.78 is 0. The van der Waals surface area contributed by atoms with E-state index in [2.05, 4.69) is 5.32 Å². The van der Waals surface area contributed by atoms with E-state index in [0.717, 1.165) is 0 Å². The molecule has 0 aliphatic carbocycles. The van der Waals surface area contributed by atoms with Gasteiger partial charge in [0.25, 0.3) is 5.91 Å². The van der Waals surface area contributed by atoms with Gasteiger partial charge in [0.05, 0.1) is 10.0 Å². The van der Waals surface area contributed by atoms with E-state index in [1.54, 1.807) is 12.1 Å². The van der Waals surface area contributed by atoms with E-state index in [4.69, 9.17) is 28.3 Å². The average molecular weight is 332 g/mol. The fourth-order valence-electron chi connectivity index (χ4n) is 1.82. The first kappa shape index (κ1) is 17.8. The molecule has 0 atom stereocenters. The van der Waals surface area contributed by atoms with Crippen LogP contribution < -0.4 is 5.32 Å². The Hall–Kier alpha value is -1.26. The summed E-state index contributed by atoms with van der Waals surface area (Å²) in [6, 6.07) is 4.71. The summed E-state index contributed by atoms with van der Waals surface area (Å²) in [6.45, 7) is 4.45. The second kappa shape index (κ2) is 7.66. The molecule has 0 saturated heterocycles. The van der Waals surface area contributed by atoms with Crippen molar-refractivity contribution in [3.05, 3.63) is 33.8 Å². The molecule has 0 radical (unpaired) electrons. The molecule has 0 bridgehead atoms. The smallest absolute Gasteiger partial charge is 0.303 e. The van der Waals surface area contributed by atoms with Crippen LogP contribution in [0, 0.1) is 5.41 Å². The van der Waals surface area contributed by atoms with Crippen LogP contribution in [0.4, 0.5) is 0 Å². The number of carboxylic acid groups (broad SMARTS) is 1. The van der Waals surface area contributed by atoms with E-state index in [-0.39, 0.29) is 17.7 Å². The minimum Gasteiger partial charge on any atom is -0.481 e. The number of aliphatic carboxylic acids is 1. The monoisotopic (exact) mass is 331 g/mol. The van der Waals surface area contributed by atoms with Crippen molar-refractivity contribution < 1.29 is 14.7 Å². The molecule has 0 spiro atoms. The first-order valence-corrected chi connectivity index (χ1v) is 7.42. The fraction of sp³-hybridized carbons (Fsp3) is 0.467. The maximum atomic E-state index is 12.0. The third-order valence-corrected chi connectivity index (χ3v) is 4.02. The van der Waals surface area contributed by atoms with Crippen LogP contribution in [0.5, 0.6) is 0 Å². The van der Waals surface area contributed by atoms with Crippen LogP contribution in [0.2, 0.25) is 10.0 Å². The van der Waals surface area contributed by atoms with Gasteiger partial charge < -0.3 is 10.4 Å². The number of rotatable bonds is 7. The number of nitrogens with one attached hydrogen (secondary N) is 1. The summed E-state index contributed by atoms with van der Waals surface area (Å²) in [5, 5.41) is 12.2. The molecule has 0 heterocycles. The van der Waals surface area contributed by atoms with Crippen molar-refractivity contribution in [2.24, 2.45) is 5.41 Å². The van der Waals surface area contributed by atoms with Gasteiger partial charge in [0.2, 0.25) is 0 Å². The quantitative estimate of drug-likeness (QED) is 0.793. The predicted octanol–water partition coefficient (Wildman–Crippen LogP) is 4.00. The van der Waals surface area contributed by atoms with Gasteiger partial charge in [0.1, 0.15) is 0 Å². The van der Waals surface area contributed by atoms with Crippen LogP contribution in [-0.4, -0.2) is 23.5 Å². The van der Waals surface area contributed by atoms with Gasteiger partial charge in [-0.05, 0) is 36.5 Å². The van der Waals surface area contributed by atoms with Gasteiger partial charge in [0, 0.05) is 18.5 Å². The van der Waals surface area contributed by atoms with Gasteiger partial charge in [-0.15, -0.1) is 0 Å². The van der Waals surface area contributed by atoms with Gasteiger partial charge >= 0.3 is 5.97 Å². The number of halogens is 2. The summed E-state index contributed by atoms with van der Waals surface area (Å²) in [4.78, 5) is 22.5. The van der Waals surface area contributed by atoms with Crippen LogP contribution in [0.3, 0.4) is 0 Å². The highest BCUT2D eigenvalue weighted by molar-refractivity contribution is 6.42. The normalized spacial score (nSPS) is 11.2. The fourth-order valence-corrected chi connectivity index (χ4v) is 2.12. The number of hydrogen-bond acceptors (Lipinski definition) is 2. The molecule has 0 unspecified atom stereocenters. The van der Waals surface area contributed by atoms with E-state index >= 15 is 0 Å². The zero-order valence-electron chi connectivity index (χ0n) is 12.1. The lowest BCUT2D eigenvalue weighted by Crippen LogP contribution is -2.28. The number of benzene rings is 1. The molecule has 1 aromatic rings. The lowest BCUT2D eigenvalue weighted by molar-refractivity contribution is -0.137. The Kier molecular flexibility index (Phi) is 6.49. The Balaban J connectivity index is 2.46. The number of carbonyl (C=O) groups excluding carboxylic acids is 1. The Labute approximate surface area is 134 Å². The third-order valence-electron chi connectivity index (χ3n) is 3.28. The maximum absolute atomic E-state index is 12.0. The molecular formula is C15H19Cl2NO3. The number of hydrogen-bond donors (Lipinski definition) is 2. The molecule has 0 aromatic heterocycles. The molecule has 0 saturated carbocycles. The topological polar surface area (TPSA) is 66.4 Å². The number of carbonyl (C=O) groups is 2. The second-order valence-electron chi connectivity index (χ2n) is 5.69. The lowest BCUT2D eigenvalue weighted by atomic mass is 9.84. The van der Waals surface area contributed by atoms with Crippen molar-refractivity contribution in [3.63, 3.8) is 0 Å². The van der Waals surface area contributed by atoms with E-state index < -0.39 is 5.97 Å². The first-order valence-electron chi connectivity index (χ1n) is 6.66. The molecule has 1 aromatic carbocycles. The third kappa shape index (κ3) is 6.36. The Bertz CT molecular complexity index is 530. The Morgan fingerprint density at radius 2 is 1.86 bits per heavy atom. The molecule has 116 valence electrons. The summed E-state index contributed by atoms with van der Waals surface area (Å²) in [7, 11) is 0. The Morgan fingerprint density at radius 3 is 2.43 bits per heavy atom. The van der Waals surface area contributed by atoms with Crippen LogP contribution in [0.15, 0.2) is 18.2 Å². The van der Waals surface area contributed by atoms with Crippen molar-refractivity contribution in [2.75, 3.05) is 6.54 Å². The zero-order chi connectivity index (χ0) is 16.0. The first-order chi connectivity index (χ1) is 9.71. The van der Waals surface area contributed by atoms with Gasteiger partial charge in [-0.2, -0.15) is 0 Å². The standard InChI is InChI=1S/C15H19Cl2NO3/c1-15(2,6-5-13(19)20)7-8-18-14(21)10-3-4-11(16)12(17)9-10/h3-4,9H,5-8H2,1-2H3,(H,18,21)(H,19,20). The minimum atomic E-state index is -0.803. The molecule has 21 heavy (non-hydrogen) atoms. The van der Waals surface area contributed by atoms with Gasteiger partial charge in [-0.3, -0.25) is 9.59 Å². The molecule has 0 aliphatic rings. The summed E-state index contributed by atoms with van der Waals surface area (Å²) in [6.07, 6.45) is 1.41. The van der Waals surface area contributed by atoms with Crippen molar-refractivity contribution in [1.82, 2.24) is 5.32 Å². The molecule has 6 heteroatoms. The largest absolute Gasteiger partial charge is 0.481 e. The summed E-state index contributed by atoms with van der Waals surface area (Å²) >= 11 is 11.7. The molecule has 1 rings (SSSR count). The van der Waals surface area contributed by atoms with Crippen LogP contribution in [0.25, 0.3) is 0 Å². The van der Waals surface area contributed by atoms with Gasteiger partial charge in [-0.25, -0.2) is 0 Å². The second-order valence-corrected chi connectivity index (χ2v) is 6.51. The van der Waals surface area contributed by atoms with Crippen LogP contribution >= 0.6 is 23.2 Å². The van der Waals surface area contributed by atoms with Gasteiger partial charge in [0.15, 0.2) is 0 Å². The van der Waals surface area contributed by atoms with Crippen molar-refractivity contribution in [3.8, 4) is 0 Å². The molecule has 0 aliphatic heterocycles. The highest BCUT2D eigenvalue weighted by Crippen LogP contribution is 2.26. The molecule has 1 amide bonds. The maximum Gasteiger partial charge on any atom is 0.303 e. The van der Waals surface area contributed by atoms with E-state index in [9.17, 15) is 9.59 Å². The minimum absolute atomic E-state index is 0.133. The molecule has 4 nitrogen and oxygen atoms in total. The molecule has 2 N–H and O–H groups in total. The number of carboxylic acids is 1. The summed E-state index contributed by atoms with van der Waals surface area (Å²) in [5.41, 5.74) is 0.316. The van der Waals surface area contributed by atoms with E-state index in [0.29, 0.717) is 35.0 Å². The van der Waals surface area contributed by atoms with E-state index in [1.807, 2.05) is 13.8 Å². The highest BCUT2D eigenvalue weighted by atomic mass is 35.5. The van der Waals surface area contributed by atoms with E-state index in [1.165, 1.54) is 6.07 Å². The predicted molar refractivity (Wildman–Crippen MR) is 84.1 cm³/mol. The number of amides is 1. The highest BCUT2D eigenvalue weighted by Gasteiger charge is 2.19. The lowest BCUT2D eigenvalue weighted by Gasteiger charge is -2.23. The van der Waals surface area contributed by atoms with Crippen molar-refractivity contribution in [2.45, 2.75) is 33.1 Å². The van der Waals surface area contributed by atoms with Crippen molar-refractivity contribution >= 4 is 35.1 Å². The SMILES string of the molecule is CC(C)(CCNC(=O)c1ccc(Cl)c(Cl)c1)CCC(=O)O.